The number of benzene rings is 2. The number of alkyl halides is 3. The number of piperazine rings is 1. The summed E-state index contributed by atoms with van der Waals surface area (Å²) >= 11 is 0. The highest BCUT2D eigenvalue weighted by atomic mass is 19.4. The number of nitrogens with one attached hydrogen (secondary N) is 1. The summed E-state index contributed by atoms with van der Waals surface area (Å²) in [7, 11) is 1.70. The van der Waals surface area contributed by atoms with Crippen LogP contribution in [-0.4, -0.2) is 68.0 Å². The van der Waals surface area contributed by atoms with Gasteiger partial charge >= 0.3 is 6.18 Å². The van der Waals surface area contributed by atoms with Crippen LogP contribution in [0, 0.1) is 0 Å². The Hall–Kier alpha value is -4.02. The SMILES string of the molecule is COCCN1CCN(c2ccc(NC(=O)/C=C/c3cccc(CC(=O)c4cccc(C(F)(F)F)c4)c3)nc2)CC1. The lowest BCUT2D eigenvalue weighted by molar-refractivity contribution is -0.137. The molecule has 1 aliphatic heterocycles. The molecule has 1 amide bonds. The standard InChI is InChI=1S/C30H31F3N4O3/c1-40-17-16-36-12-14-37(15-13-36)26-9-10-28(34-21-26)35-29(39)11-8-22-4-2-5-23(18-22)19-27(38)24-6-3-7-25(20-24)30(31,32)33/h2-11,18,20-21H,12-17,19H2,1H3,(H,34,35,39)/b11-8+. The van der Waals surface area contributed by atoms with E-state index < -0.39 is 17.5 Å². The molecule has 0 saturated carbocycles. The quantitative estimate of drug-likeness (QED) is 0.284. The molecule has 2 aromatic carbocycles. The molecular weight excluding hydrogens is 521 g/mol. The minimum Gasteiger partial charge on any atom is -0.383 e. The van der Waals surface area contributed by atoms with Crippen LogP contribution in [0.1, 0.15) is 27.0 Å². The van der Waals surface area contributed by atoms with Gasteiger partial charge in [-0.2, -0.15) is 13.2 Å². The van der Waals surface area contributed by atoms with Crippen LogP contribution in [0.2, 0.25) is 0 Å². The lowest BCUT2D eigenvalue weighted by atomic mass is 10.00. The summed E-state index contributed by atoms with van der Waals surface area (Å²) in [5, 5.41) is 2.73. The van der Waals surface area contributed by atoms with E-state index in [1.807, 2.05) is 6.07 Å². The molecule has 1 aliphatic rings. The van der Waals surface area contributed by atoms with Crippen LogP contribution in [0.4, 0.5) is 24.7 Å². The van der Waals surface area contributed by atoms with Crippen molar-refractivity contribution in [2.75, 3.05) is 56.7 Å². The van der Waals surface area contributed by atoms with E-state index in [2.05, 4.69) is 20.1 Å². The van der Waals surface area contributed by atoms with E-state index in [-0.39, 0.29) is 17.9 Å². The van der Waals surface area contributed by atoms with Crippen molar-refractivity contribution in [3.63, 3.8) is 0 Å². The Bertz CT molecular complexity index is 1330. The highest BCUT2D eigenvalue weighted by Gasteiger charge is 2.30. The van der Waals surface area contributed by atoms with Crippen molar-refractivity contribution < 1.29 is 27.5 Å². The first-order valence-corrected chi connectivity index (χ1v) is 12.9. The summed E-state index contributed by atoms with van der Waals surface area (Å²) in [6.45, 7) is 5.33. The molecule has 0 bridgehead atoms. The number of carbonyl (C=O) groups is 2. The number of amides is 1. The normalized spacial score (nSPS) is 14.4. The van der Waals surface area contributed by atoms with Gasteiger partial charge in [-0.3, -0.25) is 14.5 Å². The molecule has 1 aromatic heterocycles. The van der Waals surface area contributed by atoms with Crippen LogP contribution in [0.3, 0.4) is 0 Å². The molecule has 1 saturated heterocycles. The number of rotatable bonds is 10. The third-order valence-electron chi connectivity index (χ3n) is 6.60. The minimum atomic E-state index is -4.51. The van der Waals surface area contributed by atoms with E-state index in [1.165, 1.54) is 18.2 Å². The second-order valence-electron chi connectivity index (χ2n) is 9.47. The van der Waals surface area contributed by atoms with E-state index in [9.17, 15) is 22.8 Å². The first-order chi connectivity index (χ1) is 19.2. The Morgan fingerprint density at radius 1 is 1.02 bits per heavy atom. The summed E-state index contributed by atoms with van der Waals surface area (Å²) in [5.41, 5.74) is 1.44. The Morgan fingerprint density at radius 3 is 2.50 bits per heavy atom. The molecule has 0 atom stereocenters. The molecule has 210 valence electrons. The van der Waals surface area contributed by atoms with Crippen LogP contribution in [0.5, 0.6) is 0 Å². The summed E-state index contributed by atoms with van der Waals surface area (Å²) < 4.78 is 44.1. The number of ether oxygens (including phenoxy) is 1. The van der Waals surface area contributed by atoms with Gasteiger partial charge in [0.25, 0.3) is 0 Å². The van der Waals surface area contributed by atoms with Crippen LogP contribution in [0.15, 0.2) is 72.9 Å². The number of anilines is 2. The third-order valence-corrected chi connectivity index (χ3v) is 6.60. The molecule has 0 aliphatic carbocycles. The van der Waals surface area contributed by atoms with Crippen molar-refractivity contribution in [1.29, 1.82) is 0 Å². The number of nitrogens with zero attached hydrogens (tertiary/aromatic N) is 3. The predicted octanol–water partition coefficient (Wildman–Crippen LogP) is 4.95. The van der Waals surface area contributed by atoms with Crippen molar-refractivity contribution in [2.24, 2.45) is 0 Å². The molecule has 0 radical (unpaired) electrons. The highest BCUT2D eigenvalue weighted by Crippen LogP contribution is 2.29. The monoisotopic (exact) mass is 552 g/mol. The van der Waals surface area contributed by atoms with Crippen LogP contribution < -0.4 is 10.2 Å². The lowest BCUT2D eigenvalue weighted by Crippen LogP contribution is -2.47. The summed E-state index contributed by atoms with van der Waals surface area (Å²) in [5.74, 6) is -0.359. The molecular formula is C30H31F3N4O3. The third kappa shape index (κ3) is 8.24. The topological polar surface area (TPSA) is 74.8 Å². The Morgan fingerprint density at radius 2 is 1.80 bits per heavy atom. The maximum atomic E-state index is 13.0. The number of methoxy groups -OCH3 is 1. The first kappa shape index (κ1) is 29.0. The number of aromatic nitrogens is 1. The van der Waals surface area contributed by atoms with Crippen molar-refractivity contribution in [1.82, 2.24) is 9.88 Å². The van der Waals surface area contributed by atoms with Crippen LogP contribution in [-0.2, 0) is 22.1 Å². The van der Waals surface area contributed by atoms with Gasteiger partial charge in [0, 0.05) is 57.9 Å². The summed E-state index contributed by atoms with van der Waals surface area (Å²) in [6, 6.07) is 15.0. The van der Waals surface area contributed by atoms with E-state index in [0.717, 1.165) is 57.2 Å². The fourth-order valence-electron chi connectivity index (χ4n) is 4.40. The van der Waals surface area contributed by atoms with E-state index in [4.69, 9.17) is 4.74 Å². The smallest absolute Gasteiger partial charge is 0.383 e. The van der Waals surface area contributed by atoms with Gasteiger partial charge in [-0.15, -0.1) is 0 Å². The predicted molar refractivity (Wildman–Crippen MR) is 148 cm³/mol. The summed E-state index contributed by atoms with van der Waals surface area (Å²) in [6.07, 6.45) is 0.134. The zero-order valence-corrected chi connectivity index (χ0v) is 22.2. The molecule has 1 fully saturated rings. The summed E-state index contributed by atoms with van der Waals surface area (Å²) in [4.78, 5) is 34.0. The Kier molecular flexibility index (Phi) is 9.68. The highest BCUT2D eigenvalue weighted by molar-refractivity contribution is 6.01. The van der Waals surface area contributed by atoms with Crippen molar-refractivity contribution in [2.45, 2.75) is 12.6 Å². The molecule has 3 aromatic rings. The number of halogens is 3. The van der Waals surface area contributed by atoms with Gasteiger partial charge in [-0.05, 0) is 41.5 Å². The number of Topliss-reactive ketones (excluding diaryl/α,β-unsaturated/α-hetero) is 1. The molecule has 10 heteroatoms. The minimum absolute atomic E-state index is 0.00185. The number of pyridine rings is 1. The van der Waals surface area contributed by atoms with Gasteiger partial charge in [0.15, 0.2) is 5.78 Å². The molecule has 0 unspecified atom stereocenters. The fraction of sp³-hybridized carbons (Fsp3) is 0.300. The van der Waals surface area contributed by atoms with Crippen molar-refractivity contribution in [3.05, 3.63) is 95.2 Å². The number of ketones is 1. The van der Waals surface area contributed by atoms with E-state index in [0.29, 0.717) is 16.9 Å². The average molecular weight is 553 g/mol. The van der Waals surface area contributed by atoms with E-state index in [1.54, 1.807) is 49.7 Å². The maximum Gasteiger partial charge on any atom is 0.416 e. The number of hydrogen-bond donors (Lipinski definition) is 1. The molecule has 4 rings (SSSR count). The zero-order chi connectivity index (χ0) is 28.5. The van der Waals surface area contributed by atoms with Gasteiger partial charge < -0.3 is 15.0 Å². The Balaban J connectivity index is 1.29. The molecule has 1 N–H and O–H groups in total. The average Bonchev–Trinajstić information content (AvgIpc) is 2.95. The second-order valence-corrected chi connectivity index (χ2v) is 9.47. The van der Waals surface area contributed by atoms with Gasteiger partial charge in [0.1, 0.15) is 5.82 Å². The lowest BCUT2D eigenvalue weighted by Gasteiger charge is -2.35. The maximum absolute atomic E-state index is 13.0. The Labute approximate surface area is 231 Å². The van der Waals surface area contributed by atoms with Crippen LogP contribution >= 0.6 is 0 Å². The molecule has 2 heterocycles. The van der Waals surface area contributed by atoms with Gasteiger partial charge in [-0.1, -0.05) is 36.4 Å². The van der Waals surface area contributed by atoms with Gasteiger partial charge in [-0.25, -0.2) is 4.98 Å². The molecule has 0 spiro atoms. The number of carbonyl (C=O) groups excluding carboxylic acids is 2. The second kappa shape index (κ2) is 13.4. The number of hydrogen-bond acceptors (Lipinski definition) is 6. The molecule has 7 nitrogen and oxygen atoms in total. The van der Waals surface area contributed by atoms with Gasteiger partial charge in [0.05, 0.1) is 24.1 Å². The zero-order valence-electron chi connectivity index (χ0n) is 22.2. The molecule has 40 heavy (non-hydrogen) atoms. The van der Waals surface area contributed by atoms with Crippen molar-refractivity contribution >= 4 is 29.3 Å². The van der Waals surface area contributed by atoms with Crippen LogP contribution in [0.25, 0.3) is 6.08 Å². The van der Waals surface area contributed by atoms with E-state index >= 15 is 0 Å². The first-order valence-electron chi connectivity index (χ1n) is 12.9. The van der Waals surface area contributed by atoms with Gasteiger partial charge in [0.2, 0.25) is 5.91 Å². The van der Waals surface area contributed by atoms with Crippen molar-refractivity contribution in [3.8, 4) is 0 Å². The fourth-order valence-corrected chi connectivity index (χ4v) is 4.40. The largest absolute Gasteiger partial charge is 0.416 e.